The van der Waals surface area contributed by atoms with Crippen molar-refractivity contribution < 1.29 is 9.53 Å². The van der Waals surface area contributed by atoms with Crippen LogP contribution in [0.15, 0.2) is 90.4 Å². The first kappa shape index (κ1) is 21.0. The lowest BCUT2D eigenvalue weighted by atomic mass is 10.1. The third-order valence-electron chi connectivity index (χ3n) is 5.35. The van der Waals surface area contributed by atoms with Gasteiger partial charge in [-0.3, -0.25) is 9.48 Å². The lowest BCUT2D eigenvalue weighted by Crippen LogP contribution is -2.11. The van der Waals surface area contributed by atoms with E-state index in [-0.39, 0.29) is 5.91 Å². The van der Waals surface area contributed by atoms with Gasteiger partial charge in [-0.15, -0.1) is 11.3 Å². The molecule has 0 aliphatic rings. The van der Waals surface area contributed by atoms with Gasteiger partial charge >= 0.3 is 0 Å². The van der Waals surface area contributed by atoms with Gasteiger partial charge in [0.2, 0.25) is 0 Å². The van der Waals surface area contributed by atoms with E-state index in [2.05, 4.69) is 59.8 Å². The number of aryl methyl sites for hydroxylation is 1. The molecule has 0 radical (unpaired) electrons. The Morgan fingerprint density at radius 1 is 0.970 bits per heavy atom. The number of amides is 1. The SMILES string of the molecule is Cc1ccc(Cn2ccc(NC(=O)c3cc(COc4ccc5ccccc5c4)cs3)n2)cc1. The molecule has 164 valence electrons. The minimum atomic E-state index is -0.169. The van der Waals surface area contributed by atoms with Crippen LogP contribution in [-0.4, -0.2) is 15.7 Å². The summed E-state index contributed by atoms with van der Waals surface area (Å²) in [4.78, 5) is 13.3. The summed E-state index contributed by atoms with van der Waals surface area (Å²) in [5.74, 6) is 1.18. The summed E-state index contributed by atoms with van der Waals surface area (Å²) in [6.07, 6.45) is 1.87. The summed E-state index contributed by atoms with van der Waals surface area (Å²) in [7, 11) is 0. The molecule has 2 heterocycles. The third kappa shape index (κ3) is 5.13. The summed E-state index contributed by atoms with van der Waals surface area (Å²) in [5, 5.41) is 11.6. The molecule has 6 heteroatoms. The molecule has 0 aliphatic carbocycles. The highest BCUT2D eigenvalue weighted by molar-refractivity contribution is 7.12. The number of benzene rings is 3. The van der Waals surface area contributed by atoms with Crippen LogP contribution in [0.5, 0.6) is 5.75 Å². The zero-order chi connectivity index (χ0) is 22.6. The van der Waals surface area contributed by atoms with Gasteiger partial charge in [0.15, 0.2) is 5.82 Å². The normalized spacial score (nSPS) is 10.9. The lowest BCUT2D eigenvalue weighted by Gasteiger charge is -2.06. The molecule has 0 aliphatic heterocycles. The molecule has 0 atom stereocenters. The zero-order valence-electron chi connectivity index (χ0n) is 18.2. The van der Waals surface area contributed by atoms with E-state index >= 15 is 0 Å². The maximum absolute atomic E-state index is 12.7. The highest BCUT2D eigenvalue weighted by Gasteiger charge is 2.12. The molecule has 5 nitrogen and oxygen atoms in total. The number of hydrogen-bond donors (Lipinski definition) is 1. The number of nitrogens with one attached hydrogen (secondary N) is 1. The molecule has 3 aromatic carbocycles. The molecule has 0 saturated heterocycles. The standard InChI is InChI=1S/C27H23N3O2S/c1-19-6-8-20(9-7-19)16-30-13-12-26(29-30)28-27(31)25-14-21(18-33-25)17-32-24-11-10-22-4-2-3-5-23(22)15-24/h2-15,18H,16-17H2,1H3,(H,28,29,31). The molecular weight excluding hydrogens is 430 g/mol. The first-order valence-electron chi connectivity index (χ1n) is 10.7. The lowest BCUT2D eigenvalue weighted by molar-refractivity contribution is 0.103. The molecule has 0 fully saturated rings. The second kappa shape index (κ2) is 9.30. The van der Waals surface area contributed by atoms with E-state index in [1.807, 2.05) is 52.7 Å². The van der Waals surface area contributed by atoms with Crippen LogP contribution in [0.25, 0.3) is 10.8 Å². The predicted octanol–water partition coefficient (Wildman–Crippen LogP) is 6.29. The fourth-order valence-electron chi connectivity index (χ4n) is 3.57. The number of nitrogens with zero attached hydrogens (tertiary/aromatic N) is 2. The number of anilines is 1. The Bertz CT molecular complexity index is 1400. The van der Waals surface area contributed by atoms with Crippen LogP contribution in [-0.2, 0) is 13.2 Å². The van der Waals surface area contributed by atoms with E-state index in [0.29, 0.717) is 23.8 Å². The zero-order valence-corrected chi connectivity index (χ0v) is 19.0. The van der Waals surface area contributed by atoms with Gasteiger partial charge in [0.25, 0.3) is 5.91 Å². The van der Waals surface area contributed by atoms with Crippen LogP contribution < -0.4 is 10.1 Å². The van der Waals surface area contributed by atoms with E-state index < -0.39 is 0 Å². The number of fused-ring (bicyclic) bond motifs is 1. The summed E-state index contributed by atoms with van der Waals surface area (Å²) in [6.45, 7) is 3.13. The Morgan fingerprint density at radius 3 is 2.64 bits per heavy atom. The van der Waals surface area contributed by atoms with Crippen molar-refractivity contribution in [1.82, 2.24) is 9.78 Å². The first-order chi connectivity index (χ1) is 16.1. The molecule has 5 rings (SSSR count). The fourth-order valence-corrected chi connectivity index (χ4v) is 4.36. The van der Waals surface area contributed by atoms with E-state index in [4.69, 9.17) is 4.74 Å². The second-order valence-electron chi connectivity index (χ2n) is 7.96. The van der Waals surface area contributed by atoms with Crippen molar-refractivity contribution in [2.45, 2.75) is 20.1 Å². The minimum Gasteiger partial charge on any atom is -0.489 e. The van der Waals surface area contributed by atoms with Gasteiger partial charge < -0.3 is 10.1 Å². The van der Waals surface area contributed by atoms with Crippen LogP contribution in [0.3, 0.4) is 0 Å². The van der Waals surface area contributed by atoms with Gasteiger partial charge in [-0.25, -0.2) is 0 Å². The van der Waals surface area contributed by atoms with Gasteiger partial charge in [0.05, 0.1) is 11.4 Å². The van der Waals surface area contributed by atoms with Crippen LogP contribution in [0, 0.1) is 6.92 Å². The maximum atomic E-state index is 12.7. The van der Waals surface area contributed by atoms with Crippen molar-refractivity contribution >= 4 is 33.8 Å². The van der Waals surface area contributed by atoms with Crippen molar-refractivity contribution in [3.63, 3.8) is 0 Å². The van der Waals surface area contributed by atoms with Gasteiger partial charge in [-0.2, -0.15) is 5.10 Å². The van der Waals surface area contributed by atoms with Crippen LogP contribution in [0.4, 0.5) is 5.82 Å². The molecule has 2 aromatic heterocycles. The number of ether oxygens (including phenoxy) is 1. The number of rotatable bonds is 7. The van der Waals surface area contributed by atoms with Crippen molar-refractivity contribution in [1.29, 1.82) is 0 Å². The van der Waals surface area contributed by atoms with Crippen LogP contribution in [0.2, 0.25) is 0 Å². The maximum Gasteiger partial charge on any atom is 0.266 e. The summed E-state index contributed by atoms with van der Waals surface area (Å²) >= 11 is 1.40. The van der Waals surface area contributed by atoms with E-state index in [1.54, 1.807) is 0 Å². The molecule has 33 heavy (non-hydrogen) atoms. The third-order valence-corrected chi connectivity index (χ3v) is 6.33. The molecule has 0 saturated carbocycles. The Morgan fingerprint density at radius 2 is 1.79 bits per heavy atom. The minimum absolute atomic E-state index is 0.169. The molecular formula is C27H23N3O2S. The summed E-state index contributed by atoms with van der Waals surface area (Å²) in [5.41, 5.74) is 3.35. The highest BCUT2D eigenvalue weighted by Crippen LogP contribution is 2.23. The molecule has 0 bridgehead atoms. The van der Waals surface area contributed by atoms with Gasteiger partial charge in [0.1, 0.15) is 12.4 Å². The van der Waals surface area contributed by atoms with Crippen molar-refractivity contribution in [2.24, 2.45) is 0 Å². The first-order valence-corrected chi connectivity index (χ1v) is 11.6. The summed E-state index contributed by atoms with van der Waals surface area (Å²) in [6, 6.07) is 26.2. The molecule has 0 unspecified atom stereocenters. The van der Waals surface area contributed by atoms with E-state index in [1.165, 1.54) is 22.3 Å². The Balaban J connectivity index is 1.18. The smallest absolute Gasteiger partial charge is 0.266 e. The average molecular weight is 454 g/mol. The Labute approximate surface area is 196 Å². The molecule has 1 amide bonds. The topological polar surface area (TPSA) is 56.2 Å². The summed E-state index contributed by atoms with van der Waals surface area (Å²) < 4.78 is 7.76. The fraction of sp³-hybridized carbons (Fsp3) is 0.111. The monoisotopic (exact) mass is 453 g/mol. The molecule has 5 aromatic rings. The predicted molar refractivity (Wildman–Crippen MR) is 133 cm³/mol. The number of carbonyl (C=O) groups excluding carboxylic acids is 1. The quantitative estimate of drug-likeness (QED) is 0.315. The number of hydrogen-bond acceptors (Lipinski definition) is 4. The van der Waals surface area contributed by atoms with Gasteiger partial charge in [-0.05, 0) is 46.8 Å². The van der Waals surface area contributed by atoms with Crippen LogP contribution in [0.1, 0.15) is 26.4 Å². The Kier molecular flexibility index (Phi) is 5.91. The van der Waals surface area contributed by atoms with Crippen molar-refractivity contribution in [3.8, 4) is 5.75 Å². The number of aromatic nitrogens is 2. The second-order valence-corrected chi connectivity index (χ2v) is 8.87. The van der Waals surface area contributed by atoms with Crippen molar-refractivity contribution in [3.05, 3.63) is 112 Å². The Hall–Kier alpha value is -3.90. The van der Waals surface area contributed by atoms with Crippen LogP contribution >= 0.6 is 11.3 Å². The van der Waals surface area contributed by atoms with E-state index in [0.717, 1.165) is 22.3 Å². The number of thiophene rings is 1. The molecule has 1 N–H and O–H groups in total. The molecule has 0 spiro atoms. The van der Waals surface area contributed by atoms with Crippen molar-refractivity contribution in [2.75, 3.05) is 5.32 Å². The number of carbonyl (C=O) groups is 1. The van der Waals surface area contributed by atoms with Gasteiger partial charge in [-0.1, -0.05) is 60.2 Å². The van der Waals surface area contributed by atoms with E-state index in [9.17, 15) is 4.79 Å². The highest BCUT2D eigenvalue weighted by atomic mass is 32.1. The average Bonchev–Trinajstić information content (AvgIpc) is 3.49. The largest absolute Gasteiger partial charge is 0.489 e. The van der Waals surface area contributed by atoms with Gasteiger partial charge in [0, 0.05) is 17.8 Å².